The predicted molar refractivity (Wildman–Crippen MR) is 88.1 cm³/mol. The molecule has 2 aromatic rings. The zero-order valence-electron chi connectivity index (χ0n) is 13.6. The van der Waals surface area contributed by atoms with Gasteiger partial charge in [0, 0.05) is 6.54 Å². The van der Waals surface area contributed by atoms with E-state index in [0.717, 1.165) is 11.1 Å². The fourth-order valence-corrected chi connectivity index (χ4v) is 2.24. The third-order valence-electron chi connectivity index (χ3n) is 3.57. The van der Waals surface area contributed by atoms with Gasteiger partial charge in [-0.1, -0.05) is 24.3 Å². The Morgan fingerprint density at radius 2 is 1.72 bits per heavy atom. The zero-order valence-corrected chi connectivity index (χ0v) is 13.6. The molecule has 2 rings (SSSR count). The number of alkyl halides is 2. The van der Waals surface area contributed by atoms with Crippen molar-refractivity contribution in [1.82, 2.24) is 10.6 Å². The maximum Gasteiger partial charge on any atom is 0.387 e. The van der Waals surface area contributed by atoms with E-state index >= 15 is 0 Å². The van der Waals surface area contributed by atoms with Gasteiger partial charge in [0.15, 0.2) is 0 Å². The summed E-state index contributed by atoms with van der Waals surface area (Å²) in [7, 11) is 0. The van der Waals surface area contributed by atoms with Crippen molar-refractivity contribution in [2.24, 2.45) is 0 Å². The van der Waals surface area contributed by atoms with Gasteiger partial charge in [0.2, 0.25) is 0 Å². The molecule has 0 saturated heterocycles. The van der Waals surface area contributed by atoms with Crippen molar-refractivity contribution in [2.75, 3.05) is 6.54 Å². The molecule has 0 fully saturated rings. The topological polar surface area (TPSA) is 50.4 Å². The summed E-state index contributed by atoms with van der Waals surface area (Å²) >= 11 is 0. The molecule has 2 aromatic carbocycles. The first-order valence-corrected chi connectivity index (χ1v) is 7.77. The molecule has 2 N–H and O–H groups in total. The number of carbonyl (C=O) groups excluding carboxylic acids is 1. The van der Waals surface area contributed by atoms with E-state index in [9.17, 15) is 18.0 Å². The summed E-state index contributed by atoms with van der Waals surface area (Å²) < 4.78 is 41.3. The van der Waals surface area contributed by atoms with Crippen LogP contribution in [0.3, 0.4) is 0 Å². The molecule has 2 amide bonds. The molecule has 0 bridgehead atoms. The Hall–Kier alpha value is -2.70. The maximum absolute atomic E-state index is 12.9. The van der Waals surface area contributed by atoms with Gasteiger partial charge in [-0.3, -0.25) is 0 Å². The average Bonchev–Trinajstić information content (AvgIpc) is 2.56. The Balaban J connectivity index is 1.73. The van der Waals surface area contributed by atoms with E-state index in [1.165, 1.54) is 24.3 Å². The Labute approximate surface area is 144 Å². The van der Waals surface area contributed by atoms with Crippen LogP contribution in [0, 0.1) is 5.82 Å². The predicted octanol–water partition coefficient (Wildman–Crippen LogP) is 4.03. The number of rotatable bonds is 7. The van der Waals surface area contributed by atoms with E-state index in [-0.39, 0.29) is 23.6 Å². The average molecular weight is 352 g/mol. The van der Waals surface area contributed by atoms with E-state index in [4.69, 9.17) is 0 Å². The normalized spacial score (nSPS) is 11.9. The highest BCUT2D eigenvalue weighted by Gasteiger charge is 2.09. The number of hydrogen-bond acceptors (Lipinski definition) is 2. The quantitative estimate of drug-likeness (QED) is 0.790. The zero-order chi connectivity index (χ0) is 18.2. The molecule has 25 heavy (non-hydrogen) atoms. The van der Waals surface area contributed by atoms with Gasteiger partial charge in [-0.2, -0.15) is 8.78 Å². The first kappa shape index (κ1) is 18.6. The highest BCUT2D eigenvalue weighted by atomic mass is 19.3. The highest BCUT2D eigenvalue weighted by molar-refractivity contribution is 5.74. The van der Waals surface area contributed by atoms with Crippen LogP contribution >= 0.6 is 0 Å². The van der Waals surface area contributed by atoms with Gasteiger partial charge < -0.3 is 15.4 Å². The Bertz CT molecular complexity index is 676. The van der Waals surface area contributed by atoms with Crippen LogP contribution in [0.2, 0.25) is 0 Å². The summed E-state index contributed by atoms with van der Waals surface area (Å²) in [5.74, 6) is -0.233. The fourth-order valence-electron chi connectivity index (χ4n) is 2.24. The molecule has 0 spiro atoms. The second kappa shape index (κ2) is 8.96. The van der Waals surface area contributed by atoms with Crippen LogP contribution < -0.4 is 15.4 Å². The standard InChI is InChI=1S/C18H19F3N2O2/c1-12(14-4-6-15(19)7-5-14)23-18(24)22-11-10-13-2-8-16(9-3-13)25-17(20)21/h2-9,12,17H,10-11H2,1H3,(H2,22,23,24). The number of amides is 2. The Morgan fingerprint density at radius 3 is 2.32 bits per heavy atom. The largest absolute Gasteiger partial charge is 0.435 e. The summed E-state index contributed by atoms with van der Waals surface area (Å²) in [6, 6.07) is 11.6. The number of hydrogen-bond donors (Lipinski definition) is 2. The van der Waals surface area contributed by atoms with Crippen molar-refractivity contribution in [3.63, 3.8) is 0 Å². The van der Waals surface area contributed by atoms with Gasteiger partial charge in [0.05, 0.1) is 6.04 Å². The van der Waals surface area contributed by atoms with Crippen LogP contribution in [-0.4, -0.2) is 19.2 Å². The molecule has 0 radical (unpaired) electrons. The molecule has 7 heteroatoms. The van der Waals surface area contributed by atoms with Crippen LogP contribution in [-0.2, 0) is 6.42 Å². The lowest BCUT2D eigenvalue weighted by atomic mass is 10.1. The molecule has 1 atom stereocenters. The number of urea groups is 1. The van der Waals surface area contributed by atoms with Gasteiger partial charge in [-0.05, 0) is 48.7 Å². The van der Waals surface area contributed by atoms with Gasteiger partial charge in [0.25, 0.3) is 0 Å². The minimum Gasteiger partial charge on any atom is -0.435 e. The molecule has 4 nitrogen and oxygen atoms in total. The van der Waals surface area contributed by atoms with Crippen molar-refractivity contribution in [3.05, 3.63) is 65.5 Å². The fraction of sp³-hybridized carbons (Fsp3) is 0.278. The SMILES string of the molecule is CC(NC(=O)NCCc1ccc(OC(F)F)cc1)c1ccc(F)cc1. The summed E-state index contributed by atoms with van der Waals surface area (Å²) in [6.07, 6.45) is 0.549. The Morgan fingerprint density at radius 1 is 1.08 bits per heavy atom. The summed E-state index contributed by atoms with van der Waals surface area (Å²) in [4.78, 5) is 11.9. The van der Waals surface area contributed by atoms with Gasteiger partial charge in [-0.15, -0.1) is 0 Å². The molecule has 134 valence electrons. The van der Waals surface area contributed by atoms with E-state index < -0.39 is 6.61 Å². The smallest absolute Gasteiger partial charge is 0.387 e. The lowest BCUT2D eigenvalue weighted by Crippen LogP contribution is -2.38. The van der Waals surface area contributed by atoms with Crippen molar-refractivity contribution >= 4 is 6.03 Å². The van der Waals surface area contributed by atoms with Crippen LogP contribution in [0.25, 0.3) is 0 Å². The van der Waals surface area contributed by atoms with Crippen molar-refractivity contribution in [2.45, 2.75) is 26.0 Å². The van der Waals surface area contributed by atoms with Gasteiger partial charge in [-0.25, -0.2) is 9.18 Å². The van der Waals surface area contributed by atoms with Crippen molar-refractivity contribution < 1.29 is 22.7 Å². The third kappa shape index (κ3) is 6.37. The molecule has 1 unspecified atom stereocenters. The second-order valence-corrected chi connectivity index (χ2v) is 5.45. The molecule has 0 aliphatic rings. The number of benzene rings is 2. The van der Waals surface area contributed by atoms with Crippen LogP contribution in [0.15, 0.2) is 48.5 Å². The van der Waals surface area contributed by atoms with E-state index in [1.54, 1.807) is 31.2 Å². The molecule has 0 heterocycles. The minimum atomic E-state index is -2.85. The number of carbonyl (C=O) groups is 1. The molecule has 0 saturated carbocycles. The summed E-state index contributed by atoms with van der Waals surface area (Å²) in [5, 5.41) is 5.47. The first-order chi connectivity index (χ1) is 11.9. The van der Waals surface area contributed by atoms with Crippen LogP contribution in [0.5, 0.6) is 5.75 Å². The summed E-state index contributed by atoms with van der Waals surface area (Å²) in [5.41, 5.74) is 1.68. The van der Waals surface area contributed by atoms with E-state index in [0.29, 0.717) is 13.0 Å². The number of halogens is 3. The molecular weight excluding hydrogens is 333 g/mol. The van der Waals surface area contributed by atoms with Crippen LogP contribution in [0.4, 0.5) is 18.0 Å². The van der Waals surface area contributed by atoms with Crippen molar-refractivity contribution in [1.29, 1.82) is 0 Å². The van der Waals surface area contributed by atoms with E-state index in [2.05, 4.69) is 15.4 Å². The molecule has 0 aromatic heterocycles. The monoisotopic (exact) mass is 352 g/mol. The first-order valence-electron chi connectivity index (χ1n) is 7.77. The number of nitrogens with one attached hydrogen (secondary N) is 2. The van der Waals surface area contributed by atoms with Gasteiger partial charge >= 0.3 is 12.6 Å². The van der Waals surface area contributed by atoms with E-state index in [1.807, 2.05) is 0 Å². The Kier molecular flexibility index (Phi) is 6.68. The molecule has 0 aliphatic heterocycles. The number of ether oxygens (including phenoxy) is 1. The molecule has 0 aliphatic carbocycles. The summed E-state index contributed by atoms with van der Waals surface area (Å²) in [6.45, 7) is -0.662. The van der Waals surface area contributed by atoms with Crippen LogP contribution in [0.1, 0.15) is 24.1 Å². The van der Waals surface area contributed by atoms with Crippen molar-refractivity contribution in [3.8, 4) is 5.75 Å². The minimum absolute atomic E-state index is 0.0950. The third-order valence-corrected chi connectivity index (χ3v) is 3.57. The maximum atomic E-state index is 12.9. The highest BCUT2D eigenvalue weighted by Crippen LogP contribution is 2.15. The molecular formula is C18H19F3N2O2. The lowest BCUT2D eigenvalue weighted by Gasteiger charge is -2.15. The second-order valence-electron chi connectivity index (χ2n) is 5.45. The van der Waals surface area contributed by atoms with Gasteiger partial charge in [0.1, 0.15) is 11.6 Å². The lowest BCUT2D eigenvalue weighted by molar-refractivity contribution is -0.0498.